The lowest BCUT2D eigenvalue weighted by molar-refractivity contribution is -0.144. The van der Waals surface area contributed by atoms with E-state index in [1.54, 1.807) is 30.5 Å². The van der Waals surface area contributed by atoms with Gasteiger partial charge >= 0.3 is 6.03 Å². The van der Waals surface area contributed by atoms with E-state index < -0.39 is 23.3 Å². The van der Waals surface area contributed by atoms with E-state index in [0.29, 0.717) is 23.5 Å². The third kappa shape index (κ3) is 3.80. The summed E-state index contributed by atoms with van der Waals surface area (Å²) in [6.07, 6.45) is 2.36. The van der Waals surface area contributed by atoms with Crippen LogP contribution in [0.2, 0.25) is 0 Å². The minimum absolute atomic E-state index is 0.102. The molecule has 0 bridgehead atoms. The molecule has 2 N–H and O–H groups in total. The first-order chi connectivity index (χ1) is 13.5. The predicted molar refractivity (Wildman–Crippen MR) is 99.9 cm³/mol. The normalized spacial score (nSPS) is 15.6. The number of amides is 4. The van der Waals surface area contributed by atoms with E-state index in [4.69, 9.17) is 9.47 Å². The molecule has 28 heavy (non-hydrogen) atoms. The minimum Gasteiger partial charge on any atom is -0.493 e. The van der Waals surface area contributed by atoms with Gasteiger partial charge in [-0.2, -0.15) is 0 Å². The van der Waals surface area contributed by atoms with Gasteiger partial charge in [-0.15, -0.1) is 0 Å². The lowest BCUT2D eigenvalue weighted by atomic mass is 9.74. The van der Waals surface area contributed by atoms with Crippen molar-refractivity contribution < 1.29 is 23.9 Å². The van der Waals surface area contributed by atoms with Gasteiger partial charge in [0.2, 0.25) is 11.8 Å². The maximum absolute atomic E-state index is 12.8. The highest BCUT2D eigenvalue weighted by atomic mass is 16.5. The Morgan fingerprint density at radius 3 is 2.29 bits per heavy atom. The molecule has 0 unspecified atom stereocenters. The van der Waals surface area contributed by atoms with Crippen molar-refractivity contribution in [3.8, 4) is 11.5 Å². The molecule has 2 aromatic rings. The van der Waals surface area contributed by atoms with Crippen LogP contribution in [0.1, 0.15) is 17.7 Å². The summed E-state index contributed by atoms with van der Waals surface area (Å²) >= 11 is 0. The van der Waals surface area contributed by atoms with Gasteiger partial charge < -0.3 is 9.47 Å². The first kappa shape index (κ1) is 19.3. The number of hydrogen-bond donors (Lipinski definition) is 2. The lowest BCUT2D eigenvalue weighted by Crippen LogP contribution is -2.63. The quantitative estimate of drug-likeness (QED) is 0.704. The highest BCUT2D eigenvalue weighted by Gasteiger charge is 2.50. The summed E-state index contributed by atoms with van der Waals surface area (Å²) in [7, 11) is 3.04. The molecule has 0 atom stereocenters. The summed E-state index contributed by atoms with van der Waals surface area (Å²) in [5.41, 5.74) is 0.0235. The molecule has 1 aliphatic rings. The smallest absolute Gasteiger partial charge is 0.328 e. The Bertz CT molecular complexity index is 878. The average molecular weight is 383 g/mol. The number of aromatic nitrogens is 1. The Morgan fingerprint density at radius 1 is 0.964 bits per heavy atom. The van der Waals surface area contributed by atoms with Crippen molar-refractivity contribution in [1.82, 2.24) is 15.6 Å². The van der Waals surface area contributed by atoms with Crippen LogP contribution >= 0.6 is 0 Å². The zero-order valence-electron chi connectivity index (χ0n) is 15.7. The number of hydrogen-bond acceptors (Lipinski definition) is 6. The molecule has 8 heteroatoms. The largest absolute Gasteiger partial charge is 0.493 e. The molecule has 0 aliphatic carbocycles. The van der Waals surface area contributed by atoms with Crippen LogP contribution < -0.4 is 20.1 Å². The maximum Gasteiger partial charge on any atom is 0.328 e. The monoisotopic (exact) mass is 383 g/mol. The molecule has 2 heterocycles. The predicted octanol–water partition coefficient (Wildman–Crippen LogP) is 1.63. The summed E-state index contributed by atoms with van der Waals surface area (Å²) < 4.78 is 10.5. The van der Waals surface area contributed by atoms with Crippen molar-refractivity contribution in [3.63, 3.8) is 0 Å². The van der Waals surface area contributed by atoms with E-state index in [0.717, 1.165) is 5.69 Å². The van der Waals surface area contributed by atoms with Crippen molar-refractivity contribution in [2.75, 3.05) is 14.2 Å². The topological polar surface area (TPSA) is 107 Å². The number of pyridine rings is 1. The first-order valence-electron chi connectivity index (χ1n) is 8.76. The minimum atomic E-state index is -1.44. The first-order valence-corrected chi connectivity index (χ1v) is 8.76. The molecule has 0 saturated carbocycles. The number of nitrogens with zero attached hydrogens (tertiary/aromatic N) is 1. The second-order valence-electron chi connectivity index (χ2n) is 6.51. The van der Waals surface area contributed by atoms with E-state index in [-0.39, 0.29) is 12.8 Å². The van der Waals surface area contributed by atoms with Gasteiger partial charge in [0.1, 0.15) is 5.41 Å². The Balaban J connectivity index is 1.93. The number of carbonyl (C=O) groups excluding carboxylic acids is 3. The number of ether oxygens (including phenoxy) is 2. The number of urea groups is 1. The zero-order valence-corrected chi connectivity index (χ0v) is 15.7. The van der Waals surface area contributed by atoms with Crippen molar-refractivity contribution in [3.05, 3.63) is 53.9 Å². The average Bonchev–Trinajstić information content (AvgIpc) is 2.70. The van der Waals surface area contributed by atoms with Gasteiger partial charge in [0.15, 0.2) is 11.5 Å². The summed E-state index contributed by atoms with van der Waals surface area (Å²) in [6, 6.07) is 9.85. The molecular weight excluding hydrogens is 362 g/mol. The number of methoxy groups -OCH3 is 2. The molecule has 1 saturated heterocycles. The van der Waals surface area contributed by atoms with Gasteiger partial charge in [-0.3, -0.25) is 25.2 Å². The number of benzene rings is 1. The van der Waals surface area contributed by atoms with E-state index >= 15 is 0 Å². The van der Waals surface area contributed by atoms with Gasteiger partial charge in [0, 0.05) is 11.9 Å². The molecule has 1 aromatic heterocycles. The standard InChI is InChI=1S/C20H21N3O5/c1-27-15-7-6-13(11-16(15)28-2)12-20(9-8-14-5-3-4-10-21-14)17(24)22-19(26)23-18(20)25/h3-7,10-11H,8-9,12H2,1-2H3,(H2,22,23,24,25,26). The summed E-state index contributed by atoms with van der Waals surface area (Å²) in [5, 5.41) is 4.44. The Morgan fingerprint density at radius 2 is 1.68 bits per heavy atom. The third-order valence-corrected chi connectivity index (χ3v) is 4.81. The number of carbonyl (C=O) groups is 3. The van der Waals surface area contributed by atoms with E-state index in [1.807, 2.05) is 12.1 Å². The fraction of sp³-hybridized carbons (Fsp3) is 0.300. The lowest BCUT2D eigenvalue weighted by Gasteiger charge is -2.34. The van der Waals surface area contributed by atoms with E-state index in [1.165, 1.54) is 14.2 Å². The van der Waals surface area contributed by atoms with Crippen LogP contribution in [0.3, 0.4) is 0 Å². The van der Waals surface area contributed by atoms with Gasteiger partial charge in [-0.05, 0) is 49.1 Å². The molecule has 146 valence electrons. The van der Waals surface area contributed by atoms with Crippen LogP contribution in [-0.4, -0.2) is 37.0 Å². The fourth-order valence-corrected chi connectivity index (χ4v) is 3.28. The number of nitrogens with one attached hydrogen (secondary N) is 2. The molecule has 8 nitrogen and oxygen atoms in total. The zero-order chi connectivity index (χ0) is 20.1. The number of rotatable bonds is 7. The maximum atomic E-state index is 12.8. The number of aryl methyl sites for hydroxylation is 1. The van der Waals surface area contributed by atoms with Gasteiger partial charge in [0.25, 0.3) is 0 Å². The molecule has 0 radical (unpaired) electrons. The summed E-state index contributed by atoms with van der Waals surface area (Å²) in [5.74, 6) is -0.201. The molecule has 0 spiro atoms. The Hall–Kier alpha value is -3.42. The highest BCUT2D eigenvalue weighted by molar-refractivity contribution is 6.19. The Kier molecular flexibility index (Phi) is 5.58. The van der Waals surface area contributed by atoms with Crippen molar-refractivity contribution in [2.24, 2.45) is 5.41 Å². The number of barbiturate groups is 1. The van der Waals surface area contributed by atoms with Crippen LogP contribution in [0.25, 0.3) is 0 Å². The van der Waals surface area contributed by atoms with Crippen LogP contribution in [0.5, 0.6) is 11.5 Å². The second kappa shape index (κ2) is 8.08. The number of imide groups is 2. The van der Waals surface area contributed by atoms with Crippen LogP contribution in [0, 0.1) is 5.41 Å². The third-order valence-electron chi connectivity index (χ3n) is 4.81. The Labute approximate surface area is 162 Å². The molecular formula is C20H21N3O5. The summed E-state index contributed by atoms with van der Waals surface area (Å²) in [4.78, 5) is 41.4. The van der Waals surface area contributed by atoms with Gasteiger partial charge in [-0.1, -0.05) is 12.1 Å². The molecule has 1 fully saturated rings. The van der Waals surface area contributed by atoms with Crippen LogP contribution in [0.4, 0.5) is 4.79 Å². The van der Waals surface area contributed by atoms with Crippen LogP contribution in [-0.2, 0) is 22.4 Å². The van der Waals surface area contributed by atoms with Crippen molar-refractivity contribution in [1.29, 1.82) is 0 Å². The van der Waals surface area contributed by atoms with Gasteiger partial charge in [-0.25, -0.2) is 4.79 Å². The van der Waals surface area contributed by atoms with Crippen molar-refractivity contribution >= 4 is 17.8 Å². The second-order valence-corrected chi connectivity index (χ2v) is 6.51. The molecule has 1 aliphatic heterocycles. The molecule has 3 rings (SSSR count). The van der Waals surface area contributed by atoms with E-state index in [2.05, 4.69) is 15.6 Å². The molecule has 1 aromatic carbocycles. The highest BCUT2D eigenvalue weighted by Crippen LogP contribution is 2.35. The fourth-order valence-electron chi connectivity index (χ4n) is 3.28. The SMILES string of the molecule is COc1ccc(CC2(CCc3ccccn3)C(=O)NC(=O)NC2=O)cc1OC. The van der Waals surface area contributed by atoms with Gasteiger partial charge in [0.05, 0.1) is 14.2 Å². The van der Waals surface area contributed by atoms with Crippen LogP contribution in [0.15, 0.2) is 42.6 Å². The summed E-state index contributed by atoms with van der Waals surface area (Å²) in [6.45, 7) is 0. The molecule has 4 amide bonds. The van der Waals surface area contributed by atoms with E-state index in [9.17, 15) is 14.4 Å². The van der Waals surface area contributed by atoms with Crippen molar-refractivity contribution in [2.45, 2.75) is 19.3 Å².